The van der Waals surface area contributed by atoms with Gasteiger partial charge in [0.25, 0.3) is 0 Å². The quantitative estimate of drug-likeness (QED) is 0.360. The molecule has 6 rings (SSSR count). The standard InChI is InChI=1S/C12H14O3S.C11H12O3S.C9H8OS/c1-15-7-12(6-13)8-16-10-5-3-2-4-9(10)11(12)14;12-5-11(6-13)7-15-9-4-2-1-3-8(9)10(11)14;10-8-5-6-11-9-4-2-1-3-7(8)9/h2-5,13H,6-8H2,1H3;1-4,12-13H,5-7H2;1-4H,5-6H2. The first-order chi connectivity index (χ1) is 20.3. The van der Waals surface area contributed by atoms with Crippen molar-refractivity contribution in [2.75, 3.05) is 50.8 Å². The summed E-state index contributed by atoms with van der Waals surface area (Å²) < 4.78 is 5.07. The first kappa shape index (κ1) is 32.5. The Bertz CT molecular complexity index is 1420. The molecular weight excluding hydrogens is 593 g/mol. The lowest BCUT2D eigenvalue weighted by atomic mass is 9.83. The van der Waals surface area contributed by atoms with E-state index in [1.165, 1.54) is 11.8 Å². The average Bonchev–Trinajstić information content (AvgIpc) is 3.04. The SMILES string of the molecule is COCC1(CO)CSc2ccccc2C1=O.O=C1CCSc2ccccc21.O=C1c2ccccc2SCC1(CO)CO. The van der Waals surface area contributed by atoms with E-state index in [1.807, 2.05) is 60.7 Å². The minimum absolute atomic E-state index is 0.00815. The summed E-state index contributed by atoms with van der Waals surface area (Å²) in [7, 11) is 1.55. The molecule has 0 aromatic heterocycles. The number of Topliss-reactive ketones (excluding diaryl/α,β-unsaturated/α-hetero) is 3. The highest BCUT2D eigenvalue weighted by molar-refractivity contribution is 8.00. The third kappa shape index (κ3) is 6.86. The Kier molecular flexibility index (Phi) is 11.5. The second-order valence-electron chi connectivity index (χ2n) is 10.2. The lowest BCUT2D eigenvalue weighted by Gasteiger charge is -2.33. The summed E-state index contributed by atoms with van der Waals surface area (Å²) in [6, 6.07) is 22.6. The Morgan fingerprint density at radius 3 is 1.55 bits per heavy atom. The van der Waals surface area contributed by atoms with Crippen LogP contribution in [-0.2, 0) is 4.74 Å². The summed E-state index contributed by atoms with van der Waals surface area (Å²) in [6.07, 6.45) is 0.696. The van der Waals surface area contributed by atoms with Crippen LogP contribution in [0, 0.1) is 10.8 Å². The zero-order valence-corrected chi connectivity index (χ0v) is 25.7. The number of fused-ring (bicyclic) bond motifs is 3. The monoisotopic (exact) mass is 626 g/mol. The van der Waals surface area contributed by atoms with Crippen molar-refractivity contribution in [1.82, 2.24) is 0 Å². The Balaban J connectivity index is 0.000000147. The van der Waals surface area contributed by atoms with Gasteiger partial charge in [-0.3, -0.25) is 14.4 Å². The van der Waals surface area contributed by atoms with E-state index in [1.54, 1.807) is 42.8 Å². The second kappa shape index (κ2) is 14.8. The van der Waals surface area contributed by atoms with Gasteiger partial charge in [-0.2, -0.15) is 0 Å². The first-order valence-corrected chi connectivity index (χ1v) is 16.4. The molecule has 3 aliphatic heterocycles. The normalized spacial score (nSPS) is 20.1. The average molecular weight is 627 g/mol. The van der Waals surface area contributed by atoms with Crippen molar-refractivity contribution < 1.29 is 34.4 Å². The predicted octanol–water partition coefficient (Wildman–Crippen LogP) is 4.91. The first-order valence-electron chi connectivity index (χ1n) is 13.4. The molecule has 3 aliphatic rings. The van der Waals surface area contributed by atoms with Crippen LogP contribution in [0.1, 0.15) is 37.5 Å². The Hall–Kier alpha value is -2.44. The molecule has 3 aromatic rings. The molecule has 0 radical (unpaired) electrons. The molecule has 3 aromatic carbocycles. The second-order valence-corrected chi connectivity index (χ2v) is 13.4. The minimum atomic E-state index is -1.00. The molecular formula is C32H34O7S3. The topological polar surface area (TPSA) is 121 Å². The zero-order chi connectivity index (χ0) is 30.2. The van der Waals surface area contributed by atoms with Gasteiger partial charge in [0.1, 0.15) is 0 Å². The maximum atomic E-state index is 12.3. The molecule has 222 valence electrons. The van der Waals surface area contributed by atoms with Crippen LogP contribution in [0.4, 0.5) is 0 Å². The number of carbonyl (C=O) groups is 3. The van der Waals surface area contributed by atoms with Gasteiger partial charge in [-0.1, -0.05) is 54.6 Å². The van der Waals surface area contributed by atoms with Crippen molar-refractivity contribution in [2.45, 2.75) is 21.1 Å². The Morgan fingerprint density at radius 1 is 0.643 bits per heavy atom. The molecule has 1 unspecified atom stereocenters. The van der Waals surface area contributed by atoms with E-state index >= 15 is 0 Å². The number of methoxy groups -OCH3 is 1. The maximum absolute atomic E-state index is 12.3. The number of aliphatic hydroxyl groups excluding tert-OH is 3. The molecule has 10 heteroatoms. The van der Waals surface area contributed by atoms with Gasteiger partial charge < -0.3 is 20.1 Å². The van der Waals surface area contributed by atoms with E-state index in [9.17, 15) is 29.7 Å². The summed E-state index contributed by atoms with van der Waals surface area (Å²) in [5, 5.41) is 27.9. The molecule has 3 N–H and O–H groups in total. The number of hydrogen-bond acceptors (Lipinski definition) is 10. The number of carbonyl (C=O) groups excluding carboxylic acids is 3. The van der Waals surface area contributed by atoms with Gasteiger partial charge in [0.2, 0.25) is 0 Å². The van der Waals surface area contributed by atoms with Crippen molar-refractivity contribution in [3.05, 3.63) is 89.5 Å². The summed E-state index contributed by atoms with van der Waals surface area (Å²) in [5.74, 6) is 2.09. The van der Waals surface area contributed by atoms with Gasteiger partial charge in [0, 0.05) is 62.2 Å². The van der Waals surface area contributed by atoms with E-state index in [4.69, 9.17) is 4.74 Å². The van der Waals surface area contributed by atoms with Crippen LogP contribution in [0.5, 0.6) is 0 Å². The van der Waals surface area contributed by atoms with Crippen LogP contribution in [0.15, 0.2) is 87.5 Å². The van der Waals surface area contributed by atoms with E-state index in [2.05, 4.69) is 0 Å². The lowest BCUT2D eigenvalue weighted by Crippen LogP contribution is -2.43. The third-order valence-electron chi connectivity index (χ3n) is 7.34. The maximum Gasteiger partial charge on any atom is 0.175 e. The highest BCUT2D eigenvalue weighted by Gasteiger charge is 2.43. The fraction of sp³-hybridized carbons (Fsp3) is 0.344. The largest absolute Gasteiger partial charge is 0.395 e. The van der Waals surface area contributed by atoms with Crippen molar-refractivity contribution in [3.63, 3.8) is 0 Å². The summed E-state index contributed by atoms with van der Waals surface area (Å²) in [4.78, 5) is 38.7. The van der Waals surface area contributed by atoms with Crippen molar-refractivity contribution >= 4 is 52.6 Å². The van der Waals surface area contributed by atoms with Gasteiger partial charge >= 0.3 is 0 Å². The van der Waals surface area contributed by atoms with E-state index in [0.717, 1.165) is 26.0 Å². The van der Waals surface area contributed by atoms with Crippen LogP contribution in [0.25, 0.3) is 0 Å². The molecule has 0 aliphatic carbocycles. The van der Waals surface area contributed by atoms with E-state index in [0.29, 0.717) is 34.8 Å². The predicted molar refractivity (Wildman–Crippen MR) is 167 cm³/mol. The van der Waals surface area contributed by atoms with Crippen molar-refractivity contribution in [3.8, 4) is 0 Å². The van der Waals surface area contributed by atoms with Gasteiger partial charge in [-0.15, -0.1) is 35.3 Å². The molecule has 1 atom stereocenters. The molecule has 0 spiro atoms. The number of ketones is 3. The fourth-order valence-corrected chi connectivity index (χ4v) is 8.22. The highest BCUT2D eigenvalue weighted by Crippen LogP contribution is 2.40. The number of rotatable bonds is 5. The van der Waals surface area contributed by atoms with Crippen LogP contribution in [0.2, 0.25) is 0 Å². The van der Waals surface area contributed by atoms with Crippen LogP contribution < -0.4 is 0 Å². The smallest absolute Gasteiger partial charge is 0.175 e. The highest BCUT2D eigenvalue weighted by atomic mass is 32.2. The number of hydrogen-bond donors (Lipinski definition) is 3. The third-order valence-corrected chi connectivity index (χ3v) is 11.1. The number of aliphatic hydroxyl groups is 3. The summed E-state index contributed by atoms with van der Waals surface area (Å²) in [5.41, 5.74) is 0.442. The van der Waals surface area contributed by atoms with Crippen LogP contribution in [-0.4, -0.2) is 83.5 Å². The number of thioether (sulfide) groups is 3. The van der Waals surface area contributed by atoms with Crippen LogP contribution in [0.3, 0.4) is 0 Å². The number of benzene rings is 3. The Morgan fingerprint density at radius 2 is 1.07 bits per heavy atom. The molecule has 0 saturated heterocycles. The molecule has 42 heavy (non-hydrogen) atoms. The van der Waals surface area contributed by atoms with E-state index in [-0.39, 0.29) is 38.0 Å². The molecule has 0 fully saturated rings. The minimum Gasteiger partial charge on any atom is -0.395 e. The van der Waals surface area contributed by atoms with Crippen LogP contribution >= 0.6 is 35.3 Å². The summed E-state index contributed by atoms with van der Waals surface area (Å²) >= 11 is 4.88. The van der Waals surface area contributed by atoms with Crippen molar-refractivity contribution in [2.24, 2.45) is 10.8 Å². The lowest BCUT2D eigenvalue weighted by molar-refractivity contribution is 0.0362. The van der Waals surface area contributed by atoms with Gasteiger partial charge in [0.15, 0.2) is 17.3 Å². The molecule has 3 heterocycles. The van der Waals surface area contributed by atoms with E-state index < -0.39 is 10.8 Å². The molecule has 0 saturated carbocycles. The molecule has 7 nitrogen and oxygen atoms in total. The van der Waals surface area contributed by atoms with Crippen molar-refractivity contribution in [1.29, 1.82) is 0 Å². The Labute approximate surface area is 258 Å². The van der Waals surface area contributed by atoms with Gasteiger partial charge in [-0.05, 0) is 18.2 Å². The summed E-state index contributed by atoms with van der Waals surface area (Å²) in [6.45, 7) is -0.502. The number of ether oxygens (including phenoxy) is 1. The molecule has 0 bridgehead atoms. The van der Waals surface area contributed by atoms with Gasteiger partial charge in [0.05, 0.1) is 37.3 Å². The van der Waals surface area contributed by atoms with Gasteiger partial charge in [-0.25, -0.2) is 0 Å². The molecule has 0 amide bonds. The fourth-order valence-electron chi connectivity index (χ4n) is 4.74. The zero-order valence-electron chi connectivity index (χ0n) is 23.3.